The molecule has 2 unspecified atom stereocenters. The van der Waals surface area contributed by atoms with Crippen molar-refractivity contribution in [2.75, 3.05) is 19.8 Å². The zero-order valence-corrected chi connectivity index (χ0v) is 12.5. The molecule has 2 rings (SSSR count). The number of nitrogens with one attached hydrogen (secondary N) is 1. The fourth-order valence-electron chi connectivity index (χ4n) is 2.73. The predicted molar refractivity (Wildman–Crippen MR) is 82.2 cm³/mol. The maximum atomic E-state index is 5.78. The summed E-state index contributed by atoms with van der Waals surface area (Å²) < 4.78 is 11.5. The molecular weight excluding hydrogens is 250 g/mol. The van der Waals surface area contributed by atoms with E-state index in [1.165, 1.54) is 25.7 Å². The topological polar surface area (TPSA) is 30.5 Å². The zero-order chi connectivity index (χ0) is 14.0. The lowest BCUT2D eigenvalue weighted by molar-refractivity contribution is 0.0986. The van der Waals surface area contributed by atoms with Crippen LogP contribution in [0.4, 0.5) is 0 Å². The van der Waals surface area contributed by atoms with E-state index in [1.54, 1.807) is 0 Å². The Morgan fingerprint density at radius 2 is 2.15 bits per heavy atom. The summed E-state index contributed by atoms with van der Waals surface area (Å²) in [6, 6.07) is 10.6. The summed E-state index contributed by atoms with van der Waals surface area (Å²) in [5, 5.41) is 3.56. The summed E-state index contributed by atoms with van der Waals surface area (Å²) in [6.07, 6.45) is 6.36. The van der Waals surface area contributed by atoms with Crippen molar-refractivity contribution in [2.24, 2.45) is 0 Å². The number of benzene rings is 1. The van der Waals surface area contributed by atoms with Crippen LogP contribution in [0.3, 0.4) is 0 Å². The molecule has 1 aromatic carbocycles. The lowest BCUT2D eigenvalue weighted by Crippen LogP contribution is -2.31. The van der Waals surface area contributed by atoms with Crippen molar-refractivity contribution in [1.29, 1.82) is 0 Å². The molecule has 1 saturated heterocycles. The van der Waals surface area contributed by atoms with E-state index in [1.807, 2.05) is 30.3 Å². The second-order valence-corrected chi connectivity index (χ2v) is 5.42. The van der Waals surface area contributed by atoms with Gasteiger partial charge in [0, 0.05) is 12.6 Å². The molecule has 0 radical (unpaired) electrons. The van der Waals surface area contributed by atoms with Gasteiger partial charge in [-0.05, 0) is 50.8 Å². The van der Waals surface area contributed by atoms with Crippen molar-refractivity contribution in [1.82, 2.24) is 5.32 Å². The van der Waals surface area contributed by atoms with Gasteiger partial charge in [0.25, 0.3) is 0 Å². The Hall–Kier alpha value is -1.06. The van der Waals surface area contributed by atoms with Gasteiger partial charge in [0.2, 0.25) is 0 Å². The summed E-state index contributed by atoms with van der Waals surface area (Å²) >= 11 is 0. The van der Waals surface area contributed by atoms with Crippen LogP contribution in [0.25, 0.3) is 0 Å². The molecule has 1 aliphatic rings. The summed E-state index contributed by atoms with van der Waals surface area (Å²) in [7, 11) is 0. The minimum atomic E-state index is 0.492. The fourth-order valence-corrected chi connectivity index (χ4v) is 2.73. The highest BCUT2D eigenvalue weighted by molar-refractivity contribution is 5.20. The molecule has 0 aliphatic carbocycles. The van der Waals surface area contributed by atoms with E-state index in [2.05, 4.69) is 12.2 Å². The normalized spacial score (nSPS) is 19.9. The monoisotopic (exact) mass is 277 g/mol. The van der Waals surface area contributed by atoms with Gasteiger partial charge in [0.1, 0.15) is 5.75 Å². The fraction of sp³-hybridized carbons (Fsp3) is 0.647. The van der Waals surface area contributed by atoms with Crippen LogP contribution in [0.1, 0.15) is 39.0 Å². The molecule has 0 spiro atoms. The van der Waals surface area contributed by atoms with Crippen LogP contribution in [0.15, 0.2) is 30.3 Å². The van der Waals surface area contributed by atoms with E-state index >= 15 is 0 Å². The maximum absolute atomic E-state index is 5.78. The van der Waals surface area contributed by atoms with Gasteiger partial charge in [-0.25, -0.2) is 0 Å². The highest BCUT2D eigenvalue weighted by atomic mass is 16.5. The van der Waals surface area contributed by atoms with E-state index in [-0.39, 0.29) is 0 Å². The zero-order valence-electron chi connectivity index (χ0n) is 12.5. The molecule has 0 saturated carbocycles. The largest absolute Gasteiger partial charge is 0.494 e. The summed E-state index contributed by atoms with van der Waals surface area (Å²) in [5.74, 6) is 0.960. The van der Waals surface area contributed by atoms with E-state index in [0.29, 0.717) is 12.1 Å². The summed E-state index contributed by atoms with van der Waals surface area (Å²) in [4.78, 5) is 0. The number of hydrogen-bond donors (Lipinski definition) is 1. The van der Waals surface area contributed by atoms with Gasteiger partial charge in [0.05, 0.1) is 12.7 Å². The van der Waals surface area contributed by atoms with E-state index in [4.69, 9.17) is 9.47 Å². The maximum Gasteiger partial charge on any atom is 0.119 e. The Kier molecular flexibility index (Phi) is 6.89. The van der Waals surface area contributed by atoms with Crippen molar-refractivity contribution >= 4 is 0 Å². The molecule has 1 heterocycles. The first-order chi connectivity index (χ1) is 9.88. The molecule has 1 N–H and O–H groups in total. The smallest absolute Gasteiger partial charge is 0.119 e. The molecule has 3 heteroatoms. The lowest BCUT2D eigenvalue weighted by Gasteiger charge is -2.20. The highest BCUT2D eigenvalue weighted by Gasteiger charge is 2.17. The van der Waals surface area contributed by atoms with Crippen LogP contribution in [-0.4, -0.2) is 31.9 Å². The van der Waals surface area contributed by atoms with Crippen molar-refractivity contribution in [2.45, 2.75) is 51.2 Å². The molecular formula is C17H27NO2. The first kappa shape index (κ1) is 15.3. The molecule has 0 amide bonds. The van der Waals surface area contributed by atoms with Crippen LogP contribution < -0.4 is 10.1 Å². The Bertz CT molecular complexity index is 349. The van der Waals surface area contributed by atoms with Crippen LogP contribution in [0.2, 0.25) is 0 Å². The molecule has 1 aliphatic heterocycles. The minimum absolute atomic E-state index is 0.492. The molecule has 20 heavy (non-hydrogen) atoms. The lowest BCUT2D eigenvalue weighted by atomic mass is 10.0. The van der Waals surface area contributed by atoms with Crippen LogP contribution in [0, 0.1) is 0 Å². The number of para-hydroxylation sites is 1. The number of rotatable bonds is 9. The van der Waals surface area contributed by atoms with Crippen molar-refractivity contribution in [3.63, 3.8) is 0 Å². The van der Waals surface area contributed by atoms with Gasteiger partial charge in [-0.3, -0.25) is 0 Å². The first-order valence-electron chi connectivity index (χ1n) is 7.91. The quantitative estimate of drug-likeness (QED) is 0.750. The third-order valence-corrected chi connectivity index (χ3v) is 3.83. The van der Waals surface area contributed by atoms with Crippen molar-refractivity contribution in [3.05, 3.63) is 30.3 Å². The first-order valence-corrected chi connectivity index (χ1v) is 7.91. The highest BCUT2D eigenvalue weighted by Crippen LogP contribution is 2.18. The van der Waals surface area contributed by atoms with Gasteiger partial charge >= 0.3 is 0 Å². The molecule has 1 fully saturated rings. The van der Waals surface area contributed by atoms with E-state index in [0.717, 1.165) is 31.9 Å². The molecule has 2 atom stereocenters. The third-order valence-electron chi connectivity index (χ3n) is 3.83. The Labute approximate surface area is 122 Å². The number of hydrogen-bond acceptors (Lipinski definition) is 3. The summed E-state index contributed by atoms with van der Waals surface area (Å²) in [5.41, 5.74) is 0. The van der Waals surface area contributed by atoms with Gasteiger partial charge in [-0.15, -0.1) is 0 Å². The second kappa shape index (κ2) is 8.98. The van der Waals surface area contributed by atoms with Crippen molar-refractivity contribution < 1.29 is 9.47 Å². The molecule has 112 valence electrons. The molecule has 0 bridgehead atoms. The van der Waals surface area contributed by atoms with Gasteiger partial charge < -0.3 is 14.8 Å². The van der Waals surface area contributed by atoms with Crippen molar-refractivity contribution in [3.8, 4) is 5.75 Å². The van der Waals surface area contributed by atoms with Gasteiger partial charge in [0.15, 0.2) is 0 Å². The van der Waals surface area contributed by atoms with E-state index in [9.17, 15) is 0 Å². The average molecular weight is 277 g/mol. The molecule has 0 aromatic heterocycles. The Balaban J connectivity index is 1.65. The predicted octanol–water partition coefficient (Wildman–Crippen LogP) is 3.39. The van der Waals surface area contributed by atoms with Crippen LogP contribution >= 0.6 is 0 Å². The summed E-state index contributed by atoms with van der Waals surface area (Å²) in [6.45, 7) is 4.90. The molecule has 3 nitrogen and oxygen atoms in total. The average Bonchev–Trinajstić information content (AvgIpc) is 2.99. The van der Waals surface area contributed by atoms with Crippen LogP contribution in [0.5, 0.6) is 5.75 Å². The van der Waals surface area contributed by atoms with Gasteiger partial charge in [-0.2, -0.15) is 0 Å². The van der Waals surface area contributed by atoms with E-state index < -0.39 is 0 Å². The molecule has 1 aromatic rings. The Morgan fingerprint density at radius 3 is 2.85 bits per heavy atom. The number of ether oxygens (including phenoxy) is 2. The standard InChI is InChI=1S/C17H27NO2/c1-2-18-15(10-11-17-9-6-13-19-17)12-14-20-16-7-4-3-5-8-16/h3-5,7-8,15,17-18H,2,6,9-14H2,1H3. The van der Waals surface area contributed by atoms with Crippen LogP contribution in [-0.2, 0) is 4.74 Å². The van der Waals surface area contributed by atoms with Gasteiger partial charge in [-0.1, -0.05) is 25.1 Å². The SMILES string of the molecule is CCNC(CCOc1ccccc1)CCC1CCCO1. The Morgan fingerprint density at radius 1 is 1.30 bits per heavy atom. The third kappa shape index (κ3) is 5.51. The second-order valence-electron chi connectivity index (χ2n) is 5.42. The minimum Gasteiger partial charge on any atom is -0.494 e.